The third kappa shape index (κ3) is 5.01. The number of amides is 4. The Balaban J connectivity index is 1.26. The Morgan fingerprint density at radius 2 is 1.51 bits per heavy atom. The van der Waals surface area contributed by atoms with E-state index in [-0.39, 0.29) is 30.0 Å². The number of anilines is 2. The van der Waals surface area contributed by atoms with E-state index in [2.05, 4.69) is 5.43 Å². The highest BCUT2D eigenvalue weighted by atomic mass is 35.5. The number of hydrogen-bond donors (Lipinski definition) is 2. The number of allylic oxidation sites excluding steroid dienone is 2. The van der Waals surface area contributed by atoms with E-state index < -0.39 is 69.4 Å². The fourth-order valence-corrected chi connectivity index (χ4v) is 9.66. The molecule has 9 rings (SSSR count). The number of non-ortho nitro benzene ring substituents is 1. The number of benzene rings is 5. The Hall–Kier alpha value is -6.40. The highest BCUT2D eigenvalue weighted by molar-refractivity contribution is 6.30. The van der Waals surface area contributed by atoms with Crippen molar-refractivity contribution in [2.75, 3.05) is 10.3 Å². The van der Waals surface area contributed by atoms with Crippen molar-refractivity contribution in [3.8, 4) is 5.75 Å². The Morgan fingerprint density at radius 1 is 0.818 bits per heavy atom. The lowest BCUT2D eigenvalue weighted by Crippen LogP contribution is -2.53. The molecular weight excluding hydrogens is 727 g/mol. The number of carbonyl (C=O) groups is 4. The van der Waals surface area contributed by atoms with Crippen LogP contribution in [0.3, 0.4) is 0 Å². The van der Waals surface area contributed by atoms with Crippen molar-refractivity contribution in [1.29, 1.82) is 0 Å². The standard InChI is InChI=1S/C42H30ClFN4O7/c43-23-7-5-22(6-8-23)42-34(39(51)47(41(42)53)45-25-11-9-24(44)10-12-25)21-33-31(37(42)30-19-20-35(49)29-4-2-1-3-28(29)30)17-18-32-36(33)40(52)46(38(32)50)26-13-15-27(16-14-26)48(54)55/h1-17,19-20,32-34,36-37,45,49H,18,21H2/t32-,33+,34-,36-,37-,42+/m0/s1. The molecule has 0 radical (unpaired) electrons. The lowest BCUT2D eigenvalue weighted by molar-refractivity contribution is -0.384. The number of rotatable bonds is 6. The van der Waals surface area contributed by atoms with E-state index >= 15 is 4.79 Å². The summed E-state index contributed by atoms with van der Waals surface area (Å²) >= 11 is 6.39. The molecule has 274 valence electrons. The third-order valence-corrected chi connectivity index (χ3v) is 12.1. The fraction of sp³-hybridized carbons (Fsp3) is 0.190. The summed E-state index contributed by atoms with van der Waals surface area (Å²) in [5, 5.41) is 24.9. The Labute approximate surface area is 317 Å². The number of nitro groups is 1. The second-order valence-electron chi connectivity index (χ2n) is 14.4. The van der Waals surface area contributed by atoms with Gasteiger partial charge in [0.2, 0.25) is 11.8 Å². The number of imide groups is 2. The molecule has 55 heavy (non-hydrogen) atoms. The van der Waals surface area contributed by atoms with E-state index in [0.29, 0.717) is 38.2 Å². The van der Waals surface area contributed by atoms with Gasteiger partial charge in [0.1, 0.15) is 11.6 Å². The molecule has 5 aromatic rings. The summed E-state index contributed by atoms with van der Waals surface area (Å²) in [6.07, 6.45) is 2.11. The highest BCUT2D eigenvalue weighted by Crippen LogP contribution is 2.65. The fourth-order valence-electron chi connectivity index (χ4n) is 9.54. The van der Waals surface area contributed by atoms with E-state index in [4.69, 9.17) is 11.6 Å². The topological polar surface area (TPSA) is 150 Å². The molecule has 13 heteroatoms. The van der Waals surface area contributed by atoms with Crippen molar-refractivity contribution in [3.63, 3.8) is 0 Å². The maximum absolute atomic E-state index is 15.4. The van der Waals surface area contributed by atoms with Crippen LogP contribution in [-0.2, 0) is 24.6 Å². The summed E-state index contributed by atoms with van der Waals surface area (Å²) in [5.41, 5.74) is 3.49. The first-order valence-electron chi connectivity index (χ1n) is 17.7. The van der Waals surface area contributed by atoms with E-state index in [1.807, 2.05) is 18.2 Å². The van der Waals surface area contributed by atoms with Gasteiger partial charge in [0.15, 0.2) is 0 Å². The Morgan fingerprint density at radius 3 is 2.20 bits per heavy atom. The van der Waals surface area contributed by atoms with Crippen LogP contribution in [0.15, 0.2) is 121 Å². The molecular formula is C42H30ClFN4O7. The number of phenolic OH excluding ortho intramolecular Hbond substituents is 1. The molecule has 0 aromatic heterocycles. The van der Waals surface area contributed by atoms with Crippen molar-refractivity contribution in [2.45, 2.75) is 24.2 Å². The van der Waals surface area contributed by atoms with Crippen LogP contribution < -0.4 is 10.3 Å². The molecule has 4 aliphatic rings. The number of aromatic hydroxyl groups is 1. The highest BCUT2D eigenvalue weighted by Gasteiger charge is 2.70. The van der Waals surface area contributed by atoms with Gasteiger partial charge in [-0.2, -0.15) is 5.01 Å². The summed E-state index contributed by atoms with van der Waals surface area (Å²) in [6.45, 7) is 0. The molecule has 2 heterocycles. The summed E-state index contributed by atoms with van der Waals surface area (Å²) < 4.78 is 13.9. The molecule has 1 saturated carbocycles. The summed E-state index contributed by atoms with van der Waals surface area (Å²) in [6, 6.07) is 27.7. The van der Waals surface area contributed by atoms with Gasteiger partial charge in [0.25, 0.3) is 17.5 Å². The van der Waals surface area contributed by atoms with Crippen LogP contribution in [0.25, 0.3) is 10.8 Å². The zero-order valence-corrected chi connectivity index (χ0v) is 29.5. The van der Waals surface area contributed by atoms with Gasteiger partial charge in [0.05, 0.1) is 39.5 Å². The number of nitrogens with zero attached hydrogens (tertiary/aromatic N) is 3. The van der Waals surface area contributed by atoms with Crippen LogP contribution in [0.1, 0.15) is 29.9 Å². The van der Waals surface area contributed by atoms with Gasteiger partial charge in [0, 0.05) is 28.5 Å². The Kier molecular flexibility index (Phi) is 7.87. The minimum atomic E-state index is -1.60. The maximum Gasteiger partial charge on any atom is 0.269 e. The number of nitrogens with one attached hydrogen (secondary N) is 1. The van der Waals surface area contributed by atoms with E-state index in [1.165, 1.54) is 48.5 Å². The lowest BCUT2D eigenvalue weighted by atomic mass is 9.49. The van der Waals surface area contributed by atoms with Gasteiger partial charge in [-0.05, 0) is 89.9 Å². The zero-order chi connectivity index (χ0) is 38.3. The molecule has 11 nitrogen and oxygen atoms in total. The SMILES string of the molecule is O=C1[C@@H]2C[C@@H]3C(=CC[C@@H]4C(=O)N(c5ccc([N+](=O)[O-])cc5)C(=O)[C@@H]43)[C@H](c3ccc(O)c4ccccc34)[C@]2(c2ccc(Cl)cc2)C(=O)N1Nc1ccc(F)cc1. The van der Waals surface area contributed by atoms with Crippen LogP contribution in [0.4, 0.5) is 21.5 Å². The quantitative estimate of drug-likeness (QED) is 0.0786. The summed E-state index contributed by atoms with van der Waals surface area (Å²) in [5.74, 6) is -6.87. The molecule has 0 spiro atoms. The molecule has 3 fully saturated rings. The van der Waals surface area contributed by atoms with Gasteiger partial charge in [-0.3, -0.25) is 39.6 Å². The van der Waals surface area contributed by atoms with Gasteiger partial charge in [-0.15, -0.1) is 0 Å². The first-order chi connectivity index (χ1) is 26.5. The normalized spacial score (nSPS) is 25.8. The van der Waals surface area contributed by atoms with E-state index in [1.54, 1.807) is 48.5 Å². The number of carbonyl (C=O) groups excluding carboxylic acids is 4. The predicted octanol–water partition coefficient (Wildman–Crippen LogP) is 7.44. The van der Waals surface area contributed by atoms with Crippen LogP contribution >= 0.6 is 11.6 Å². The van der Waals surface area contributed by atoms with Crippen molar-refractivity contribution in [3.05, 3.63) is 153 Å². The average Bonchev–Trinajstić information content (AvgIpc) is 3.57. The summed E-state index contributed by atoms with van der Waals surface area (Å²) in [7, 11) is 0. The van der Waals surface area contributed by atoms with E-state index in [9.17, 15) is 34.0 Å². The number of hydrogen-bond acceptors (Lipinski definition) is 8. The number of fused-ring (bicyclic) bond motifs is 5. The lowest BCUT2D eigenvalue weighted by Gasteiger charge is -2.51. The predicted molar refractivity (Wildman–Crippen MR) is 200 cm³/mol. The molecule has 6 atom stereocenters. The van der Waals surface area contributed by atoms with Crippen LogP contribution in [0.2, 0.25) is 5.02 Å². The maximum atomic E-state index is 15.4. The van der Waals surface area contributed by atoms with Gasteiger partial charge >= 0.3 is 0 Å². The number of phenols is 1. The Bertz CT molecular complexity index is 2510. The first-order valence-corrected chi connectivity index (χ1v) is 18.1. The molecule has 2 N–H and O–H groups in total. The number of nitro benzene ring substituents is 1. The molecule has 5 aromatic carbocycles. The van der Waals surface area contributed by atoms with Crippen molar-refractivity contribution >= 4 is 63.1 Å². The molecule has 2 aliphatic carbocycles. The summed E-state index contributed by atoms with van der Waals surface area (Å²) in [4.78, 5) is 70.9. The second kappa shape index (κ2) is 12.6. The monoisotopic (exact) mass is 756 g/mol. The van der Waals surface area contributed by atoms with Gasteiger partial charge < -0.3 is 5.11 Å². The van der Waals surface area contributed by atoms with Crippen molar-refractivity contribution in [1.82, 2.24) is 5.01 Å². The van der Waals surface area contributed by atoms with E-state index in [0.717, 1.165) is 9.91 Å². The number of halogens is 2. The average molecular weight is 757 g/mol. The number of hydrazine groups is 1. The minimum Gasteiger partial charge on any atom is -0.507 e. The van der Waals surface area contributed by atoms with Crippen molar-refractivity contribution < 1.29 is 33.6 Å². The largest absolute Gasteiger partial charge is 0.507 e. The molecule has 2 aliphatic heterocycles. The first kappa shape index (κ1) is 34.4. The van der Waals surface area contributed by atoms with Crippen LogP contribution in [-0.4, -0.2) is 38.7 Å². The zero-order valence-electron chi connectivity index (χ0n) is 28.8. The minimum absolute atomic E-state index is 0.0187. The van der Waals surface area contributed by atoms with Gasteiger partial charge in [-0.25, -0.2) is 4.39 Å². The second-order valence-corrected chi connectivity index (χ2v) is 14.8. The van der Waals surface area contributed by atoms with Gasteiger partial charge in [-0.1, -0.05) is 65.7 Å². The third-order valence-electron chi connectivity index (χ3n) is 11.8. The molecule has 4 amide bonds. The van der Waals surface area contributed by atoms with Crippen molar-refractivity contribution in [2.24, 2.45) is 23.7 Å². The smallest absolute Gasteiger partial charge is 0.269 e. The molecule has 0 bridgehead atoms. The van der Waals surface area contributed by atoms with Crippen LogP contribution in [0.5, 0.6) is 5.75 Å². The molecule has 0 unspecified atom stereocenters. The molecule has 2 saturated heterocycles. The van der Waals surface area contributed by atoms with Crippen LogP contribution in [0, 0.1) is 39.6 Å².